The molecule has 4 heteroatoms. The average Bonchev–Trinajstić information content (AvgIpc) is 2.76. The third kappa shape index (κ3) is 3.09. The maximum Gasteiger partial charge on any atom is 0.229 e. The molecule has 0 saturated carbocycles. The molecule has 0 spiro atoms. The Hall–Kier alpha value is -1.29. The first kappa shape index (κ1) is 12.2. The molecule has 0 bridgehead atoms. The molecule has 0 unspecified atom stereocenters. The highest BCUT2D eigenvalue weighted by Gasteiger charge is 2.20. The van der Waals surface area contributed by atoms with E-state index < -0.39 is 0 Å². The summed E-state index contributed by atoms with van der Waals surface area (Å²) in [5.41, 5.74) is 0. The fourth-order valence-corrected chi connectivity index (χ4v) is 2.19. The molecule has 1 amide bonds. The van der Waals surface area contributed by atoms with Gasteiger partial charge in [0.15, 0.2) is 0 Å². The van der Waals surface area contributed by atoms with Crippen molar-refractivity contribution in [2.75, 3.05) is 25.0 Å². The van der Waals surface area contributed by atoms with E-state index in [2.05, 4.69) is 5.32 Å². The lowest BCUT2D eigenvalue weighted by Crippen LogP contribution is -2.33. The molecule has 1 N–H and O–H groups in total. The molecule has 17 heavy (non-hydrogen) atoms. The minimum Gasteiger partial charge on any atom is -0.445 e. The molecule has 1 fully saturated rings. The van der Waals surface area contributed by atoms with Gasteiger partial charge >= 0.3 is 0 Å². The van der Waals surface area contributed by atoms with Gasteiger partial charge in [0, 0.05) is 19.5 Å². The second kappa shape index (κ2) is 5.36. The van der Waals surface area contributed by atoms with Crippen LogP contribution in [0, 0.1) is 12.8 Å². The van der Waals surface area contributed by atoms with E-state index in [9.17, 15) is 4.79 Å². The number of hydrogen-bond donors (Lipinski definition) is 1. The third-order valence-corrected chi connectivity index (χ3v) is 3.35. The zero-order valence-electron chi connectivity index (χ0n) is 10.5. The molecule has 4 nitrogen and oxygen atoms in total. The van der Waals surface area contributed by atoms with Crippen LogP contribution in [0.25, 0.3) is 0 Å². The zero-order chi connectivity index (χ0) is 12.3. The quantitative estimate of drug-likeness (QED) is 0.872. The van der Waals surface area contributed by atoms with Gasteiger partial charge in [0.05, 0.1) is 0 Å². The monoisotopic (exact) mass is 236 g/mol. The summed E-state index contributed by atoms with van der Waals surface area (Å²) in [5.74, 6) is 2.14. The van der Waals surface area contributed by atoms with Crippen molar-refractivity contribution in [1.82, 2.24) is 5.32 Å². The van der Waals surface area contributed by atoms with E-state index in [1.807, 2.05) is 19.1 Å². The van der Waals surface area contributed by atoms with Crippen molar-refractivity contribution in [3.63, 3.8) is 0 Å². The van der Waals surface area contributed by atoms with E-state index in [0.29, 0.717) is 18.2 Å². The van der Waals surface area contributed by atoms with E-state index in [4.69, 9.17) is 4.42 Å². The molecule has 0 atom stereocenters. The minimum absolute atomic E-state index is 0.145. The van der Waals surface area contributed by atoms with Crippen LogP contribution in [0.15, 0.2) is 16.5 Å². The molecular formula is C13H20N2O2. The van der Waals surface area contributed by atoms with Gasteiger partial charge in [0.25, 0.3) is 0 Å². The van der Waals surface area contributed by atoms with Crippen molar-refractivity contribution < 1.29 is 9.21 Å². The summed E-state index contributed by atoms with van der Waals surface area (Å²) in [4.78, 5) is 13.7. The van der Waals surface area contributed by atoms with Crippen LogP contribution >= 0.6 is 0 Å². The summed E-state index contributed by atoms with van der Waals surface area (Å²) in [7, 11) is 1.78. The first-order valence-corrected chi connectivity index (χ1v) is 6.20. The summed E-state index contributed by atoms with van der Waals surface area (Å²) in [6.07, 6.45) is 2.81. The van der Waals surface area contributed by atoms with Crippen LogP contribution in [0.3, 0.4) is 0 Å². The van der Waals surface area contributed by atoms with Crippen molar-refractivity contribution in [2.24, 2.45) is 5.92 Å². The highest BCUT2D eigenvalue weighted by Crippen LogP contribution is 2.21. The Kier molecular flexibility index (Phi) is 3.84. The van der Waals surface area contributed by atoms with Gasteiger partial charge in [-0.15, -0.1) is 0 Å². The van der Waals surface area contributed by atoms with Gasteiger partial charge in [-0.05, 0) is 44.8 Å². The Morgan fingerprint density at radius 2 is 2.18 bits per heavy atom. The normalized spacial score (nSPS) is 17.1. The number of anilines is 1. The van der Waals surface area contributed by atoms with Crippen LogP contribution in [0.1, 0.15) is 25.0 Å². The lowest BCUT2D eigenvalue weighted by atomic mass is 9.94. The Bertz CT molecular complexity index is 381. The number of piperidine rings is 1. The summed E-state index contributed by atoms with van der Waals surface area (Å²) in [6, 6.07) is 3.72. The number of nitrogens with zero attached hydrogens (tertiary/aromatic N) is 1. The lowest BCUT2D eigenvalue weighted by molar-refractivity contribution is -0.119. The zero-order valence-corrected chi connectivity index (χ0v) is 10.5. The molecule has 0 aromatic carbocycles. The summed E-state index contributed by atoms with van der Waals surface area (Å²) in [5, 5.41) is 3.31. The average molecular weight is 236 g/mol. The van der Waals surface area contributed by atoms with Crippen LogP contribution in [0.5, 0.6) is 0 Å². The van der Waals surface area contributed by atoms with Crippen molar-refractivity contribution in [3.05, 3.63) is 17.9 Å². The topological polar surface area (TPSA) is 45.5 Å². The first-order valence-electron chi connectivity index (χ1n) is 6.20. The largest absolute Gasteiger partial charge is 0.445 e. The highest BCUT2D eigenvalue weighted by molar-refractivity contribution is 5.91. The van der Waals surface area contributed by atoms with Crippen molar-refractivity contribution >= 4 is 11.8 Å². The van der Waals surface area contributed by atoms with E-state index in [-0.39, 0.29) is 5.91 Å². The highest BCUT2D eigenvalue weighted by atomic mass is 16.4. The number of hydrogen-bond acceptors (Lipinski definition) is 3. The van der Waals surface area contributed by atoms with Gasteiger partial charge in [0.1, 0.15) is 5.76 Å². The molecular weight excluding hydrogens is 216 g/mol. The van der Waals surface area contributed by atoms with Gasteiger partial charge in [-0.25, -0.2) is 0 Å². The number of amides is 1. The second-order valence-electron chi connectivity index (χ2n) is 4.73. The summed E-state index contributed by atoms with van der Waals surface area (Å²) < 4.78 is 5.45. The smallest absolute Gasteiger partial charge is 0.229 e. The fraction of sp³-hybridized carbons (Fsp3) is 0.615. The van der Waals surface area contributed by atoms with E-state index in [1.165, 1.54) is 0 Å². The SMILES string of the molecule is Cc1ccc(N(C)C(=O)CC2CCNCC2)o1. The van der Waals surface area contributed by atoms with Crippen LogP contribution in [-0.2, 0) is 4.79 Å². The molecule has 1 aromatic rings. The number of carbonyl (C=O) groups excluding carboxylic acids is 1. The number of carbonyl (C=O) groups is 1. The Morgan fingerprint density at radius 1 is 1.47 bits per heavy atom. The molecule has 2 heterocycles. The molecule has 1 aliphatic rings. The van der Waals surface area contributed by atoms with Crippen molar-refractivity contribution in [1.29, 1.82) is 0 Å². The minimum atomic E-state index is 0.145. The Balaban J connectivity index is 1.90. The molecule has 94 valence electrons. The van der Waals surface area contributed by atoms with Gasteiger partial charge in [0.2, 0.25) is 11.8 Å². The predicted octanol–water partition coefficient (Wildman–Crippen LogP) is 1.94. The van der Waals surface area contributed by atoms with Crippen LogP contribution in [0.4, 0.5) is 5.88 Å². The standard InChI is InChI=1S/C13H20N2O2/c1-10-3-4-13(17-10)15(2)12(16)9-11-5-7-14-8-6-11/h3-4,11,14H,5-9H2,1-2H3. The molecule has 1 saturated heterocycles. The Morgan fingerprint density at radius 3 is 2.76 bits per heavy atom. The summed E-state index contributed by atoms with van der Waals surface area (Å²) >= 11 is 0. The predicted molar refractivity (Wildman–Crippen MR) is 67.1 cm³/mol. The van der Waals surface area contributed by atoms with Crippen LogP contribution in [0.2, 0.25) is 0 Å². The maximum absolute atomic E-state index is 12.1. The molecule has 0 aliphatic carbocycles. The van der Waals surface area contributed by atoms with Crippen molar-refractivity contribution in [3.8, 4) is 0 Å². The molecule has 1 aromatic heterocycles. The van der Waals surface area contributed by atoms with Crippen molar-refractivity contribution in [2.45, 2.75) is 26.2 Å². The summed E-state index contributed by atoms with van der Waals surface area (Å²) in [6.45, 7) is 3.94. The maximum atomic E-state index is 12.1. The van der Waals surface area contributed by atoms with Crippen LogP contribution in [-0.4, -0.2) is 26.0 Å². The van der Waals surface area contributed by atoms with Crippen LogP contribution < -0.4 is 10.2 Å². The number of aryl methyl sites for hydroxylation is 1. The fourth-order valence-electron chi connectivity index (χ4n) is 2.19. The number of furan rings is 1. The van der Waals surface area contributed by atoms with Gasteiger partial charge in [-0.2, -0.15) is 0 Å². The van der Waals surface area contributed by atoms with E-state index in [1.54, 1.807) is 11.9 Å². The first-order chi connectivity index (χ1) is 8.16. The van der Waals surface area contributed by atoms with Gasteiger partial charge in [-0.3, -0.25) is 9.69 Å². The van der Waals surface area contributed by atoms with Gasteiger partial charge < -0.3 is 9.73 Å². The third-order valence-electron chi connectivity index (χ3n) is 3.35. The lowest BCUT2D eigenvalue weighted by Gasteiger charge is -2.23. The molecule has 0 radical (unpaired) electrons. The van der Waals surface area contributed by atoms with E-state index in [0.717, 1.165) is 31.7 Å². The van der Waals surface area contributed by atoms with E-state index >= 15 is 0 Å². The number of rotatable bonds is 3. The number of nitrogens with one attached hydrogen (secondary N) is 1. The second-order valence-corrected chi connectivity index (χ2v) is 4.73. The molecule has 2 rings (SSSR count). The molecule has 1 aliphatic heterocycles. The van der Waals surface area contributed by atoms with Gasteiger partial charge in [-0.1, -0.05) is 0 Å². The Labute approximate surface area is 102 Å².